The fourth-order valence-electron chi connectivity index (χ4n) is 3.05. The van der Waals surface area contributed by atoms with Crippen molar-refractivity contribution in [3.63, 3.8) is 0 Å². The minimum absolute atomic E-state index is 0.119. The van der Waals surface area contributed by atoms with Crippen LogP contribution < -0.4 is 16.0 Å². The average Bonchev–Trinajstić information content (AvgIpc) is 2.94. The molecule has 2 amide bonds. The Hall–Kier alpha value is -1.30. The number of nitrogens with one attached hydrogen (secondary N) is 3. The van der Waals surface area contributed by atoms with E-state index >= 15 is 0 Å². The summed E-state index contributed by atoms with van der Waals surface area (Å²) in [6, 6.07) is 0.599. The van der Waals surface area contributed by atoms with Gasteiger partial charge in [-0.05, 0) is 39.5 Å². The van der Waals surface area contributed by atoms with Gasteiger partial charge < -0.3 is 20.7 Å². The number of amides is 2. The second-order valence-electron chi connectivity index (χ2n) is 7.05. The zero-order chi connectivity index (χ0) is 15.5. The van der Waals surface area contributed by atoms with Gasteiger partial charge in [-0.3, -0.25) is 4.79 Å². The van der Waals surface area contributed by atoms with Crippen molar-refractivity contribution in [2.24, 2.45) is 5.92 Å². The Morgan fingerprint density at radius 1 is 1.38 bits per heavy atom. The van der Waals surface area contributed by atoms with Crippen molar-refractivity contribution < 1.29 is 14.3 Å². The highest BCUT2D eigenvalue weighted by atomic mass is 16.6. The van der Waals surface area contributed by atoms with Gasteiger partial charge in [0, 0.05) is 31.6 Å². The first-order valence-electron chi connectivity index (χ1n) is 7.83. The van der Waals surface area contributed by atoms with Crippen molar-refractivity contribution in [2.45, 2.75) is 64.1 Å². The predicted octanol–water partition coefficient (Wildman–Crippen LogP) is 1.16. The van der Waals surface area contributed by atoms with E-state index in [1.54, 1.807) is 0 Å². The van der Waals surface area contributed by atoms with Crippen molar-refractivity contribution in [3.8, 4) is 0 Å². The van der Waals surface area contributed by atoms with Crippen molar-refractivity contribution >= 4 is 12.0 Å². The Balaban J connectivity index is 1.74. The number of hydrogen-bond acceptors (Lipinski definition) is 4. The number of carbonyl (C=O) groups excluding carboxylic acids is 2. The number of alkyl carbamates (subject to hydrolysis) is 1. The lowest BCUT2D eigenvalue weighted by molar-refractivity contribution is -0.119. The molecule has 1 heterocycles. The number of hydrogen-bond donors (Lipinski definition) is 3. The summed E-state index contributed by atoms with van der Waals surface area (Å²) >= 11 is 0. The van der Waals surface area contributed by atoms with Gasteiger partial charge in [0.05, 0.1) is 0 Å². The van der Waals surface area contributed by atoms with Crippen LogP contribution in [0.5, 0.6) is 0 Å². The van der Waals surface area contributed by atoms with Crippen LogP contribution in [0.1, 0.15) is 46.5 Å². The molecule has 6 heteroatoms. The topological polar surface area (TPSA) is 79.5 Å². The monoisotopic (exact) mass is 297 g/mol. The van der Waals surface area contributed by atoms with Crippen molar-refractivity contribution in [1.82, 2.24) is 16.0 Å². The zero-order valence-corrected chi connectivity index (χ0v) is 13.2. The summed E-state index contributed by atoms with van der Waals surface area (Å²) < 4.78 is 5.26. The molecular formula is C15H27N3O3. The smallest absolute Gasteiger partial charge is 0.407 e. The van der Waals surface area contributed by atoms with Gasteiger partial charge in [-0.15, -0.1) is 0 Å². The van der Waals surface area contributed by atoms with E-state index in [9.17, 15) is 9.59 Å². The summed E-state index contributed by atoms with van der Waals surface area (Å²) in [5.41, 5.74) is -0.465. The molecule has 21 heavy (non-hydrogen) atoms. The van der Waals surface area contributed by atoms with Crippen LogP contribution in [-0.4, -0.2) is 42.8 Å². The van der Waals surface area contributed by atoms with E-state index < -0.39 is 5.60 Å². The second kappa shape index (κ2) is 6.64. The molecule has 3 unspecified atom stereocenters. The molecule has 2 fully saturated rings. The first kappa shape index (κ1) is 16.1. The molecule has 0 spiro atoms. The molecule has 2 aliphatic rings. The van der Waals surface area contributed by atoms with Crippen LogP contribution in [0, 0.1) is 5.92 Å². The fourth-order valence-corrected chi connectivity index (χ4v) is 3.05. The van der Waals surface area contributed by atoms with Crippen LogP contribution >= 0.6 is 0 Å². The van der Waals surface area contributed by atoms with Crippen LogP contribution in [0.2, 0.25) is 0 Å². The van der Waals surface area contributed by atoms with E-state index in [0.29, 0.717) is 31.5 Å². The number of ether oxygens (including phenoxy) is 1. The lowest BCUT2D eigenvalue weighted by Gasteiger charge is -2.25. The van der Waals surface area contributed by atoms with Crippen molar-refractivity contribution in [2.75, 3.05) is 13.1 Å². The summed E-state index contributed by atoms with van der Waals surface area (Å²) in [6.07, 6.45) is 3.56. The quantitative estimate of drug-likeness (QED) is 0.727. The van der Waals surface area contributed by atoms with Crippen LogP contribution in [-0.2, 0) is 9.53 Å². The first-order valence-corrected chi connectivity index (χ1v) is 7.83. The standard InChI is InChI=1S/C15H27N3O3/c1-15(2,3)21-14(20)17-8-10-5-4-6-12(10)18-11-7-13(19)16-9-11/h10-12,18H,4-9H2,1-3H3,(H,16,19)(H,17,20). The van der Waals surface area contributed by atoms with Gasteiger partial charge in [0.15, 0.2) is 0 Å². The van der Waals surface area contributed by atoms with E-state index in [1.807, 2.05) is 20.8 Å². The van der Waals surface area contributed by atoms with Crippen LogP contribution in [0.15, 0.2) is 0 Å². The molecule has 1 saturated heterocycles. The molecule has 1 aliphatic carbocycles. The Morgan fingerprint density at radius 2 is 2.14 bits per heavy atom. The van der Waals surface area contributed by atoms with Crippen molar-refractivity contribution in [3.05, 3.63) is 0 Å². The Labute approximate surface area is 126 Å². The molecule has 1 aliphatic heterocycles. The van der Waals surface area contributed by atoms with Crippen LogP contribution in [0.3, 0.4) is 0 Å². The van der Waals surface area contributed by atoms with E-state index in [1.165, 1.54) is 0 Å². The molecule has 0 aromatic heterocycles. The average molecular weight is 297 g/mol. The highest BCUT2D eigenvalue weighted by Gasteiger charge is 2.32. The SMILES string of the molecule is CC(C)(C)OC(=O)NCC1CCCC1NC1CNC(=O)C1. The molecule has 120 valence electrons. The van der Waals surface area contributed by atoms with Gasteiger partial charge >= 0.3 is 6.09 Å². The number of carbonyl (C=O) groups is 2. The summed E-state index contributed by atoms with van der Waals surface area (Å²) in [5.74, 6) is 0.530. The Morgan fingerprint density at radius 3 is 2.76 bits per heavy atom. The largest absolute Gasteiger partial charge is 0.444 e. The third-order valence-corrected chi connectivity index (χ3v) is 3.99. The van der Waals surface area contributed by atoms with Gasteiger partial charge in [-0.2, -0.15) is 0 Å². The maximum Gasteiger partial charge on any atom is 0.407 e. The minimum atomic E-state index is -0.465. The van der Waals surface area contributed by atoms with Gasteiger partial charge in [0.2, 0.25) is 5.91 Å². The van der Waals surface area contributed by atoms with Crippen molar-refractivity contribution in [1.29, 1.82) is 0 Å². The lowest BCUT2D eigenvalue weighted by atomic mass is 10.0. The molecule has 0 aromatic rings. The lowest BCUT2D eigenvalue weighted by Crippen LogP contribution is -2.45. The first-order chi connectivity index (χ1) is 9.83. The third-order valence-electron chi connectivity index (χ3n) is 3.99. The maximum absolute atomic E-state index is 11.7. The summed E-state index contributed by atoms with van der Waals surface area (Å²) in [7, 11) is 0. The van der Waals surface area contributed by atoms with E-state index in [4.69, 9.17) is 4.74 Å². The molecule has 0 bridgehead atoms. The van der Waals surface area contributed by atoms with Crippen LogP contribution in [0.4, 0.5) is 4.79 Å². The van der Waals surface area contributed by atoms with Gasteiger partial charge in [-0.1, -0.05) is 6.42 Å². The Bertz CT molecular complexity index is 392. The highest BCUT2D eigenvalue weighted by Crippen LogP contribution is 2.26. The highest BCUT2D eigenvalue weighted by molar-refractivity contribution is 5.78. The predicted molar refractivity (Wildman–Crippen MR) is 79.9 cm³/mol. The second-order valence-corrected chi connectivity index (χ2v) is 7.05. The summed E-state index contributed by atoms with van der Waals surface area (Å²) in [5, 5.41) is 9.26. The third kappa shape index (κ3) is 5.19. The molecular weight excluding hydrogens is 270 g/mol. The Kier molecular flexibility index (Phi) is 5.08. The maximum atomic E-state index is 11.7. The van der Waals surface area contributed by atoms with Gasteiger partial charge in [0.1, 0.15) is 5.60 Å². The fraction of sp³-hybridized carbons (Fsp3) is 0.867. The van der Waals surface area contributed by atoms with E-state index in [2.05, 4.69) is 16.0 Å². The molecule has 3 N–H and O–H groups in total. The van der Waals surface area contributed by atoms with Crippen LogP contribution in [0.25, 0.3) is 0 Å². The number of rotatable bonds is 4. The zero-order valence-electron chi connectivity index (χ0n) is 13.2. The minimum Gasteiger partial charge on any atom is -0.444 e. The van der Waals surface area contributed by atoms with E-state index in [-0.39, 0.29) is 18.0 Å². The molecule has 0 aromatic carbocycles. The molecule has 2 rings (SSSR count). The van der Waals surface area contributed by atoms with E-state index in [0.717, 1.165) is 19.3 Å². The molecule has 1 saturated carbocycles. The van der Waals surface area contributed by atoms with Gasteiger partial charge in [-0.25, -0.2) is 4.79 Å². The molecule has 3 atom stereocenters. The summed E-state index contributed by atoms with van der Waals surface area (Å²) in [6.45, 7) is 6.91. The normalized spacial score (nSPS) is 29.3. The van der Waals surface area contributed by atoms with Gasteiger partial charge in [0.25, 0.3) is 0 Å². The molecule has 0 radical (unpaired) electrons. The summed E-state index contributed by atoms with van der Waals surface area (Å²) in [4.78, 5) is 22.9. The molecule has 6 nitrogen and oxygen atoms in total.